The van der Waals surface area contributed by atoms with Gasteiger partial charge in [0.1, 0.15) is 11.3 Å². The fourth-order valence-corrected chi connectivity index (χ4v) is 6.99. The number of alkyl halides is 6. The summed E-state index contributed by atoms with van der Waals surface area (Å²) in [4.78, 5) is 52.6. The van der Waals surface area contributed by atoms with Crippen LogP contribution in [0.1, 0.15) is 69.6 Å². The molecule has 1 aromatic heterocycles. The Labute approximate surface area is 277 Å². The minimum Gasteiger partial charge on any atom is -0.443 e. The molecule has 3 amide bonds. The van der Waals surface area contributed by atoms with Crippen molar-refractivity contribution in [3.8, 4) is 0 Å². The summed E-state index contributed by atoms with van der Waals surface area (Å²) in [5.41, 5.74) is -3.53. The number of halogens is 6. The quantitative estimate of drug-likeness (QED) is 0.294. The van der Waals surface area contributed by atoms with Crippen LogP contribution in [0.5, 0.6) is 0 Å². The van der Waals surface area contributed by atoms with Crippen LogP contribution in [-0.2, 0) is 23.5 Å². The summed E-state index contributed by atoms with van der Waals surface area (Å²) in [5.74, 6) is -1.20. The first-order valence-corrected chi connectivity index (χ1v) is 15.9. The molecule has 3 saturated heterocycles. The molecule has 0 N–H and O–H groups in total. The van der Waals surface area contributed by atoms with Crippen molar-refractivity contribution in [3.05, 3.63) is 95.1 Å². The maximum Gasteiger partial charge on any atom is 0.416 e. The van der Waals surface area contributed by atoms with Gasteiger partial charge in [0.25, 0.3) is 11.8 Å². The number of aromatic nitrogens is 2. The van der Waals surface area contributed by atoms with E-state index in [1.54, 1.807) is 28.0 Å². The molecule has 2 atom stereocenters. The van der Waals surface area contributed by atoms with Crippen molar-refractivity contribution in [2.24, 2.45) is 0 Å². The van der Waals surface area contributed by atoms with Crippen LogP contribution >= 0.6 is 0 Å². The first-order valence-electron chi connectivity index (χ1n) is 15.9. The lowest BCUT2D eigenvalue weighted by Gasteiger charge is -2.49. The first-order chi connectivity index (χ1) is 23.2. The number of carbonyl (C=O) groups excluding carboxylic acids is 3. The molecule has 1 spiro atoms. The molecule has 3 aromatic rings. The molecule has 0 radical (unpaired) electrons. The molecule has 2 aromatic carbocycles. The van der Waals surface area contributed by atoms with E-state index in [-0.39, 0.29) is 49.5 Å². The third-order valence-electron chi connectivity index (χ3n) is 9.63. The van der Waals surface area contributed by atoms with Gasteiger partial charge in [0.05, 0.1) is 17.3 Å². The van der Waals surface area contributed by atoms with E-state index >= 15 is 0 Å². The molecule has 49 heavy (non-hydrogen) atoms. The molecule has 3 aliphatic rings. The highest BCUT2D eigenvalue weighted by molar-refractivity contribution is 5.95. The van der Waals surface area contributed by atoms with Gasteiger partial charge in [-0.05, 0) is 43.0 Å². The molecule has 3 fully saturated rings. The van der Waals surface area contributed by atoms with Gasteiger partial charge in [-0.2, -0.15) is 26.3 Å². The lowest BCUT2D eigenvalue weighted by Crippen LogP contribution is -2.60. The second-order valence-corrected chi connectivity index (χ2v) is 12.7. The molecular weight excluding hydrogens is 656 g/mol. The maximum absolute atomic E-state index is 13.7. The van der Waals surface area contributed by atoms with E-state index in [9.17, 15) is 40.7 Å². The average molecular weight is 690 g/mol. The Morgan fingerprint density at radius 2 is 1.51 bits per heavy atom. The van der Waals surface area contributed by atoms with Crippen LogP contribution in [0.2, 0.25) is 0 Å². The second-order valence-electron chi connectivity index (χ2n) is 12.7. The number of carbonyl (C=O) groups is 3. The Bertz CT molecular complexity index is 1650. The number of ether oxygens (including phenoxy) is 1. The number of hydrogen-bond donors (Lipinski definition) is 0. The Hall–Kier alpha value is -4.69. The van der Waals surface area contributed by atoms with Gasteiger partial charge in [-0.15, -0.1) is 0 Å². The van der Waals surface area contributed by atoms with Gasteiger partial charge in [0.15, 0.2) is 0 Å². The molecular formula is C34H33F6N5O4. The monoisotopic (exact) mass is 689 g/mol. The zero-order chi connectivity index (χ0) is 35.0. The second kappa shape index (κ2) is 13.3. The van der Waals surface area contributed by atoms with Crippen molar-refractivity contribution in [2.75, 3.05) is 26.2 Å². The zero-order valence-corrected chi connectivity index (χ0v) is 26.2. The van der Waals surface area contributed by atoms with Crippen LogP contribution in [-0.4, -0.2) is 86.4 Å². The number of hydrogen-bond acceptors (Lipinski definition) is 6. The predicted octanol–water partition coefficient (Wildman–Crippen LogP) is 6.25. The van der Waals surface area contributed by atoms with E-state index in [2.05, 4.69) is 9.97 Å². The summed E-state index contributed by atoms with van der Waals surface area (Å²) in [6.45, 7) is 1.10. The Morgan fingerprint density at radius 3 is 2.10 bits per heavy atom. The largest absolute Gasteiger partial charge is 0.443 e. The van der Waals surface area contributed by atoms with E-state index in [0.29, 0.717) is 51.0 Å². The van der Waals surface area contributed by atoms with Crippen LogP contribution in [0.15, 0.2) is 67.1 Å². The third-order valence-corrected chi connectivity index (χ3v) is 9.63. The van der Waals surface area contributed by atoms with Crippen molar-refractivity contribution in [3.63, 3.8) is 0 Å². The fourth-order valence-electron chi connectivity index (χ4n) is 6.99. The standard InChI is InChI=1S/C34H33F6N5O4/c35-33(36,37)24-17-23(18-25(19-24)34(38,39)40)29(46)44-12-6-26(20-27(44)16-22-4-2-1-3-5-22)45-15-9-32(49-31(45)48)7-13-43(14-8-32)30(47)28-21-41-10-11-42-28/h1-5,10-11,17-19,21,26-27H,6-9,12-16,20H2/t26?,27-/m1/s1. The Kier molecular flexibility index (Phi) is 9.29. The van der Waals surface area contributed by atoms with Gasteiger partial charge in [0, 0.05) is 75.5 Å². The van der Waals surface area contributed by atoms with E-state index in [0.717, 1.165) is 5.56 Å². The zero-order valence-electron chi connectivity index (χ0n) is 26.2. The highest BCUT2D eigenvalue weighted by Gasteiger charge is 2.47. The normalized spacial score (nSPS) is 21.4. The summed E-state index contributed by atoms with van der Waals surface area (Å²) < 4.78 is 87.6. The highest BCUT2D eigenvalue weighted by atomic mass is 19.4. The minimum atomic E-state index is -5.10. The van der Waals surface area contributed by atoms with Gasteiger partial charge in [-0.3, -0.25) is 14.6 Å². The average Bonchev–Trinajstić information content (AvgIpc) is 3.08. The van der Waals surface area contributed by atoms with Crippen molar-refractivity contribution in [1.82, 2.24) is 24.7 Å². The molecule has 6 rings (SSSR count). The molecule has 0 aliphatic carbocycles. The summed E-state index contributed by atoms with van der Waals surface area (Å²) in [6.07, 6.45) is -4.24. The number of likely N-dealkylation sites (tertiary alicyclic amines) is 2. The van der Waals surface area contributed by atoms with Crippen molar-refractivity contribution < 1.29 is 45.5 Å². The fraction of sp³-hybridized carbons (Fsp3) is 0.441. The molecule has 15 heteroatoms. The number of benzene rings is 2. The lowest BCUT2D eigenvalue weighted by atomic mass is 9.85. The van der Waals surface area contributed by atoms with Crippen LogP contribution in [0, 0.1) is 0 Å². The van der Waals surface area contributed by atoms with Crippen LogP contribution < -0.4 is 0 Å². The smallest absolute Gasteiger partial charge is 0.416 e. The summed E-state index contributed by atoms with van der Waals surface area (Å²) in [6, 6.07) is 8.91. The Morgan fingerprint density at radius 1 is 0.857 bits per heavy atom. The van der Waals surface area contributed by atoms with Gasteiger partial charge < -0.3 is 19.4 Å². The molecule has 0 bridgehead atoms. The van der Waals surface area contributed by atoms with E-state index in [1.807, 2.05) is 12.1 Å². The van der Waals surface area contributed by atoms with Gasteiger partial charge >= 0.3 is 18.4 Å². The molecule has 260 valence electrons. The van der Waals surface area contributed by atoms with E-state index in [1.165, 1.54) is 23.5 Å². The Balaban J connectivity index is 1.17. The van der Waals surface area contributed by atoms with Crippen LogP contribution in [0.25, 0.3) is 0 Å². The molecule has 0 saturated carbocycles. The summed E-state index contributed by atoms with van der Waals surface area (Å²) in [7, 11) is 0. The highest BCUT2D eigenvalue weighted by Crippen LogP contribution is 2.39. The number of amides is 3. The number of rotatable bonds is 5. The summed E-state index contributed by atoms with van der Waals surface area (Å²) >= 11 is 0. The third kappa shape index (κ3) is 7.49. The van der Waals surface area contributed by atoms with E-state index in [4.69, 9.17) is 4.74 Å². The molecule has 9 nitrogen and oxygen atoms in total. The first kappa shape index (κ1) is 34.2. The van der Waals surface area contributed by atoms with Gasteiger partial charge in [-0.25, -0.2) is 9.78 Å². The van der Waals surface area contributed by atoms with Crippen LogP contribution in [0.3, 0.4) is 0 Å². The molecule has 1 unspecified atom stereocenters. The predicted molar refractivity (Wildman–Crippen MR) is 162 cm³/mol. The van der Waals surface area contributed by atoms with Crippen LogP contribution in [0.4, 0.5) is 31.1 Å². The maximum atomic E-state index is 13.7. The topological polar surface area (TPSA) is 95.9 Å². The van der Waals surface area contributed by atoms with Crippen molar-refractivity contribution in [2.45, 2.75) is 68.6 Å². The van der Waals surface area contributed by atoms with Crippen molar-refractivity contribution >= 4 is 17.9 Å². The van der Waals surface area contributed by atoms with Gasteiger partial charge in [-0.1, -0.05) is 30.3 Å². The minimum absolute atomic E-state index is 0.00111. The molecule has 3 aliphatic heterocycles. The van der Waals surface area contributed by atoms with E-state index < -0.39 is 52.7 Å². The number of nitrogens with zero attached hydrogens (tertiary/aromatic N) is 5. The number of piperidine rings is 2. The lowest BCUT2D eigenvalue weighted by molar-refractivity contribution is -0.143. The van der Waals surface area contributed by atoms with Crippen molar-refractivity contribution in [1.29, 1.82) is 0 Å². The van der Waals surface area contributed by atoms with Gasteiger partial charge in [0.2, 0.25) is 0 Å². The SMILES string of the molecule is O=C(c1cnccn1)N1CCC2(CC1)CCN(C1CCN(C(=O)c3cc(C(F)(F)F)cc(C(F)(F)F)c3)[C@H](Cc3ccccc3)C1)C(=O)O2. The summed E-state index contributed by atoms with van der Waals surface area (Å²) in [5, 5.41) is 0. The molecule has 4 heterocycles.